The van der Waals surface area contributed by atoms with Crippen molar-refractivity contribution < 1.29 is 9.53 Å². The summed E-state index contributed by atoms with van der Waals surface area (Å²) in [7, 11) is 1.62. The van der Waals surface area contributed by atoms with E-state index in [0.29, 0.717) is 17.9 Å². The van der Waals surface area contributed by atoms with Gasteiger partial charge in [0.2, 0.25) is 0 Å². The zero-order valence-electron chi connectivity index (χ0n) is 14.3. The number of pyridine rings is 1. The van der Waals surface area contributed by atoms with E-state index in [1.807, 2.05) is 67.6 Å². The molecule has 0 radical (unpaired) electrons. The van der Waals surface area contributed by atoms with Gasteiger partial charge < -0.3 is 9.64 Å². The van der Waals surface area contributed by atoms with Crippen molar-refractivity contribution >= 4 is 11.6 Å². The molecule has 0 aliphatic rings. The highest BCUT2D eigenvalue weighted by atomic mass is 16.5. The second kappa shape index (κ2) is 7.62. The normalized spacial score (nSPS) is 10.3. The Balaban J connectivity index is 1.98. The number of benzene rings is 2. The number of ether oxygens (including phenoxy) is 1. The summed E-state index contributed by atoms with van der Waals surface area (Å²) in [6.07, 6.45) is 3.50. The van der Waals surface area contributed by atoms with Crippen LogP contribution in [0.25, 0.3) is 0 Å². The summed E-state index contributed by atoms with van der Waals surface area (Å²) in [5.41, 5.74) is 3.52. The molecule has 0 N–H and O–H groups in total. The third-order valence-corrected chi connectivity index (χ3v) is 3.97. The van der Waals surface area contributed by atoms with Crippen LogP contribution in [0.3, 0.4) is 0 Å². The predicted octanol–water partition coefficient (Wildman–Crippen LogP) is 4.25. The number of rotatable bonds is 5. The Morgan fingerprint density at radius 2 is 1.88 bits per heavy atom. The highest BCUT2D eigenvalue weighted by molar-refractivity contribution is 6.06. The van der Waals surface area contributed by atoms with Crippen molar-refractivity contribution in [2.75, 3.05) is 12.0 Å². The number of hydrogen-bond acceptors (Lipinski definition) is 3. The van der Waals surface area contributed by atoms with Crippen LogP contribution >= 0.6 is 0 Å². The van der Waals surface area contributed by atoms with Gasteiger partial charge in [0.1, 0.15) is 5.75 Å². The molecule has 0 aliphatic heterocycles. The minimum Gasteiger partial charge on any atom is -0.497 e. The van der Waals surface area contributed by atoms with E-state index in [-0.39, 0.29) is 5.91 Å². The van der Waals surface area contributed by atoms with Crippen LogP contribution in [0.15, 0.2) is 73.1 Å². The zero-order chi connectivity index (χ0) is 17.6. The summed E-state index contributed by atoms with van der Waals surface area (Å²) >= 11 is 0. The molecule has 25 heavy (non-hydrogen) atoms. The molecular formula is C21H20N2O2. The summed E-state index contributed by atoms with van der Waals surface area (Å²) in [6, 6.07) is 18.9. The van der Waals surface area contributed by atoms with Gasteiger partial charge in [0.05, 0.1) is 13.7 Å². The number of anilines is 1. The van der Waals surface area contributed by atoms with E-state index in [0.717, 1.165) is 16.8 Å². The van der Waals surface area contributed by atoms with Crippen molar-refractivity contribution in [1.82, 2.24) is 4.98 Å². The first-order valence-corrected chi connectivity index (χ1v) is 8.09. The molecule has 3 aromatic rings. The van der Waals surface area contributed by atoms with Gasteiger partial charge in [-0.3, -0.25) is 9.78 Å². The number of hydrogen-bond donors (Lipinski definition) is 0. The molecule has 4 heteroatoms. The fourth-order valence-electron chi connectivity index (χ4n) is 2.58. The monoisotopic (exact) mass is 332 g/mol. The Labute approximate surface area is 147 Å². The van der Waals surface area contributed by atoms with Crippen molar-refractivity contribution in [3.8, 4) is 5.75 Å². The van der Waals surface area contributed by atoms with Crippen molar-refractivity contribution in [3.63, 3.8) is 0 Å². The molecule has 0 spiro atoms. The Morgan fingerprint density at radius 3 is 2.56 bits per heavy atom. The van der Waals surface area contributed by atoms with E-state index >= 15 is 0 Å². The fraction of sp³-hybridized carbons (Fsp3) is 0.143. The van der Waals surface area contributed by atoms with Crippen LogP contribution in [-0.2, 0) is 6.54 Å². The molecule has 2 aromatic carbocycles. The maximum Gasteiger partial charge on any atom is 0.258 e. The minimum atomic E-state index is -0.0582. The van der Waals surface area contributed by atoms with Gasteiger partial charge in [0.15, 0.2) is 0 Å². The van der Waals surface area contributed by atoms with Crippen LogP contribution in [0.1, 0.15) is 21.5 Å². The molecule has 4 nitrogen and oxygen atoms in total. The highest BCUT2D eigenvalue weighted by Crippen LogP contribution is 2.24. The van der Waals surface area contributed by atoms with E-state index in [4.69, 9.17) is 4.74 Å². The molecule has 0 unspecified atom stereocenters. The van der Waals surface area contributed by atoms with Gasteiger partial charge >= 0.3 is 0 Å². The number of methoxy groups -OCH3 is 1. The molecule has 0 aliphatic carbocycles. The quantitative estimate of drug-likeness (QED) is 0.701. The van der Waals surface area contributed by atoms with E-state index < -0.39 is 0 Å². The van der Waals surface area contributed by atoms with E-state index in [1.165, 1.54) is 0 Å². The van der Waals surface area contributed by atoms with Gasteiger partial charge in [-0.1, -0.05) is 29.8 Å². The molecule has 0 saturated carbocycles. The summed E-state index contributed by atoms with van der Waals surface area (Å²) in [5, 5.41) is 0. The van der Waals surface area contributed by atoms with Gasteiger partial charge in [-0.05, 0) is 42.8 Å². The third-order valence-electron chi connectivity index (χ3n) is 3.97. The average molecular weight is 332 g/mol. The smallest absolute Gasteiger partial charge is 0.258 e. The second-order valence-corrected chi connectivity index (χ2v) is 5.82. The topological polar surface area (TPSA) is 42.4 Å². The lowest BCUT2D eigenvalue weighted by molar-refractivity contribution is 0.0985. The Morgan fingerprint density at radius 1 is 1.08 bits per heavy atom. The number of aromatic nitrogens is 1. The summed E-state index contributed by atoms with van der Waals surface area (Å²) < 4.78 is 5.31. The molecule has 1 heterocycles. The number of carbonyl (C=O) groups excluding carboxylic acids is 1. The number of nitrogens with zero attached hydrogens (tertiary/aromatic N) is 2. The van der Waals surface area contributed by atoms with Gasteiger partial charge in [-0.2, -0.15) is 0 Å². The van der Waals surface area contributed by atoms with Crippen LogP contribution in [0.5, 0.6) is 5.75 Å². The summed E-state index contributed by atoms with van der Waals surface area (Å²) in [4.78, 5) is 19.0. The highest BCUT2D eigenvalue weighted by Gasteiger charge is 2.18. The molecule has 1 aromatic heterocycles. The minimum absolute atomic E-state index is 0.0582. The number of amides is 1. The Hall–Kier alpha value is -3.14. The molecule has 1 amide bonds. The first-order valence-electron chi connectivity index (χ1n) is 8.09. The van der Waals surface area contributed by atoms with Crippen molar-refractivity contribution in [3.05, 3.63) is 89.7 Å². The van der Waals surface area contributed by atoms with Gasteiger partial charge in [-0.25, -0.2) is 0 Å². The van der Waals surface area contributed by atoms with Crippen LogP contribution in [0, 0.1) is 6.92 Å². The van der Waals surface area contributed by atoms with E-state index in [1.54, 1.807) is 24.4 Å². The van der Waals surface area contributed by atoms with Crippen LogP contribution in [-0.4, -0.2) is 18.0 Å². The standard InChI is InChI=1S/C21H20N2O2/c1-16-8-10-18(11-9-16)21(24)23(15-17-5-4-12-22-14-17)19-6-3-7-20(13-19)25-2/h3-14H,15H2,1-2H3. The predicted molar refractivity (Wildman–Crippen MR) is 98.9 cm³/mol. The van der Waals surface area contributed by atoms with Gasteiger partial charge in [0.25, 0.3) is 5.91 Å². The van der Waals surface area contributed by atoms with Crippen molar-refractivity contribution in [2.24, 2.45) is 0 Å². The molecule has 0 bridgehead atoms. The third kappa shape index (κ3) is 4.04. The van der Waals surface area contributed by atoms with Crippen LogP contribution < -0.4 is 9.64 Å². The number of aryl methyl sites for hydroxylation is 1. The first-order chi connectivity index (χ1) is 12.2. The lowest BCUT2D eigenvalue weighted by Gasteiger charge is -2.23. The summed E-state index contributed by atoms with van der Waals surface area (Å²) in [5.74, 6) is 0.655. The largest absolute Gasteiger partial charge is 0.497 e. The summed E-state index contributed by atoms with van der Waals surface area (Å²) in [6.45, 7) is 2.44. The second-order valence-electron chi connectivity index (χ2n) is 5.82. The van der Waals surface area contributed by atoms with Gasteiger partial charge in [-0.15, -0.1) is 0 Å². The van der Waals surface area contributed by atoms with Crippen molar-refractivity contribution in [1.29, 1.82) is 0 Å². The fourth-order valence-corrected chi connectivity index (χ4v) is 2.58. The molecule has 126 valence electrons. The van der Waals surface area contributed by atoms with Crippen LogP contribution in [0.2, 0.25) is 0 Å². The lowest BCUT2D eigenvalue weighted by Crippen LogP contribution is -2.30. The molecule has 3 rings (SSSR count). The maximum atomic E-state index is 13.1. The average Bonchev–Trinajstić information content (AvgIpc) is 2.67. The molecule has 0 fully saturated rings. The Bertz CT molecular complexity index is 845. The lowest BCUT2D eigenvalue weighted by atomic mass is 10.1. The molecule has 0 saturated heterocycles. The SMILES string of the molecule is COc1cccc(N(Cc2cccnc2)C(=O)c2ccc(C)cc2)c1. The van der Waals surface area contributed by atoms with E-state index in [2.05, 4.69) is 4.98 Å². The van der Waals surface area contributed by atoms with Gasteiger partial charge in [0, 0.05) is 29.7 Å². The molecule has 0 atom stereocenters. The van der Waals surface area contributed by atoms with E-state index in [9.17, 15) is 4.79 Å². The number of carbonyl (C=O) groups is 1. The first kappa shape index (κ1) is 16.7. The van der Waals surface area contributed by atoms with Crippen LogP contribution in [0.4, 0.5) is 5.69 Å². The maximum absolute atomic E-state index is 13.1. The van der Waals surface area contributed by atoms with Crippen molar-refractivity contribution in [2.45, 2.75) is 13.5 Å². The Kier molecular flexibility index (Phi) is 5.09. The molecular weight excluding hydrogens is 312 g/mol. The zero-order valence-corrected chi connectivity index (χ0v) is 14.3.